The minimum Gasteiger partial charge on any atom is -0.384 e. The molecule has 0 saturated heterocycles. The number of rotatable bonds is 6. The minimum atomic E-state index is -4.59. The van der Waals surface area contributed by atoms with Gasteiger partial charge in [0.1, 0.15) is 0 Å². The van der Waals surface area contributed by atoms with E-state index in [1.54, 1.807) is 6.07 Å². The van der Waals surface area contributed by atoms with Gasteiger partial charge >= 0.3 is 5.76 Å². The molecule has 0 bridgehead atoms. The number of para-hydroxylation sites is 1. The van der Waals surface area contributed by atoms with E-state index in [9.17, 15) is 17.2 Å². The maximum absolute atomic E-state index is 12.7. The van der Waals surface area contributed by atoms with Crippen LogP contribution in [0.15, 0.2) is 29.2 Å². The molecule has 3 nitrogen and oxygen atoms in total. The second kappa shape index (κ2) is 6.92. The van der Waals surface area contributed by atoms with Gasteiger partial charge < -0.3 is 5.32 Å². The topological polar surface area (TPSA) is 46.2 Å². The van der Waals surface area contributed by atoms with Crippen molar-refractivity contribution in [3.63, 3.8) is 0 Å². The van der Waals surface area contributed by atoms with Crippen LogP contribution in [-0.4, -0.2) is 26.6 Å². The number of benzene rings is 1. The quantitative estimate of drug-likeness (QED) is 0.804. The van der Waals surface area contributed by atoms with E-state index in [1.807, 2.05) is 0 Å². The largest absolute Gasteiger partial charge is 0.384 e. The zero-order valence-corrected chi connectivity index (χ0v) is 13.0. The van der Waals surface area contributed by atoms with E-state index < -0.39 is 15.6 Å². The molecule has 7 heteroatoms. The van der Waals surface area contributed by atoms with Crippen molar-refractivity contribution in [3.8, 4) is 0 Å². The molecule has 0 aromatic heterocycles. The van der Waals surface area contributed by atoms with Crippen molar-refractivity contribution in [3.05, 3.63) is 24.3 Å². The van der Waals surface area contributed by atoms with Crippen LogP contribution in [0.2, 0.25) is 0 Å². The lowest BCUT2D eigenvalue weighted by atomic mass is 9.98. The van der Waals surface area contributed by atoms with Crippen LogP contribution in [0, 0.1) is 11.8 Å². The molecule has 1 aliphatic carbocycles. The van der Waals surface area contributed by atoms with Crippen molar-refractivity contribution in [2.24, 2.45) is 11.8 Å². The van der Waals surface area contributed by atoms with Crippen molar-refractivity contribution in [1.82, 2.24) is 0 Å². The summed E-state index contributed by atoms with van der Waals surface area (Å²) in [6, 6.07) is 5.79. The molecule has 2 unspecified atom stereocenters. The van der Waals surface area contributed by atoms with E-state index in [4.69, 9.17) is 11.6 Å². The van der Waals surface area contributed by atoms with Gasteiger partial charge in [0.05, 0.1) is 10.6 Å². The third-order valence-corrected chi connectivity index (χ3v) is 5.83. The molecule has 1 aromatic rings. The Morgan fingerprint density at radius 2 is 1.90 bits per heavy atom. The van der Waals surface area contributed by atoms with E-state index in [1.165, 1.54) is 18.2 Å². The molecule has 1 fully saturated rings. The van der Waals surface area contributed by atoms with Crippen LogP contribution < -0.4 is 5.32 Å². The van der Waals surface area contributed by atoms with Gasteiger partial charge in [0, 0.05) is 12.4 Å². The zero-order chi connectivity index (χ0) is 15.5. The highest BCUT2D eigenvalue weighted by Crippen LogP contribution is 2.33. The molecule has 0 radical (unpaired) electrons. The summed E-state index contributed by atoms with van der Waals surface area (Å²) >= 11 is 5.91. The van der Waals surface area contributed by atoms with Gasteiger partial charge in [0.2, 0.25) is 9.84 Å². The summed E-state index contributed by atoms with van der Waals surface area (Å²) in [4.78, 5) is -0.347. The smallest absolute Gasteiger partial charge is 0.341 e. The van der Waals surface area contributed by atoms with Gasteiger partial charge in [0.25, 0.3) is 0 Å². The molecule has 1 N–H and O–H groups in total. The number of hydrogen-bond acceptors (Lipinski definition) is 3. The van der Waals surface area contributed by atoms with E-state index in [0.29, 0.717) is 24.3 Å². The Balaban J connectivity index is 2.14. The van der Waals surface area contributed by atoms with Gasteiger partial charge in [-0.2, -0.15) is 8.78 Å². The molecule has 21 heavy (non-hydrogen) atoms. The summed E-state index contributed by atoms with van der Waals surface area (Å²) in [5, 5.41) is 3.01. The molecule has 2 atom stereocenters. The number of hydrogen-bond donors (Lipinski definition) is 1. The Morgan fingerprint density at radius 1 is 1.24 bits per heavy atom. The summed E-state index contributed by atoms with van der Waals surface area (Å²) in [5.41, 5.74) is 0.234. The standard InChI is InChI=1S/C14H18ClF2NO2S/c15-8-10-4-3-5-11(10)9-18-12-6-1-2-7-13(12)21(19,20)14(16)17/h1-2,6-7,10-11,14,18H,3-5,8-9H2. The molecule has 1 aromatic carbocycles. The summed E-state index contributed by atoms with van der Waals surface area (Å²) in [7, 11) is -4.59. The van der Waals surface area contributed by atoms with Crippen LogP contribution in [0.1, 0.15) is 19.3 Å². The maximum Gasteiger partial charge on any atom is 0.341 e. The van der Waals surface area contributed by atoms with E-state index in [-0.39, 0.29) is 10.6 Å². The second-order valence-corrected chi connectivity index (χ2v) is 7.48. The van der Waals surface area contributed by atoms with Crippen LogP contribution in [0.4, 0.5) is 14.5 Å². The average Bonchev–Trinajstić information content (AvgIpc) is 2.92. The maximum atomic E-state index is 12.7. The molecule has 1 saturated carbocycles. The van der Waals surface area contributed by atoms with Gasteiger partial charge in [0.15, 0.2) is 0 Å². The first-order valence-corrected chi connectivity index (χ1v) is 8.95. The van der Waals surface area contributed by atoms with Crippen LogP contribution in [0.3, 0.4) is 0 Å². The molecule has 0 amide bonds. The highest BCUT2D eigenvalue weighted by Gasteiger charge is 2.30. The second-order valence-electron chi connectivity index (χ2n) is 5.29. The number of alkyl halides is 3. The normalized spacial score (nSPS) is 22.7. The molecule has 0 aliphatic heterocycles. The summed E-state index contributed by atoms with van der Waals surface area (Å²) < 4.78 is 48.7. The Kier molecular flexibility index (Phi) is 5.43. The summed E-state index contributed by atoms with van der Waals surface area (Å²) in [6.07, 6.45) is 3.18. The van der Waals surface area contributed by atoms with E-state index >= 15 is 0 Å². The highest BCUT2D eigenvalue weighted by molar-refractivity contribution is 7.91. The van der Waals surface area contributed by atoms with Crippen molar-refractivity contribution in [1.29, 1.82) is 0 Å². The van der Waals surface area contributed by atoms with Crippen LogP contribution in [0.25, 0.3) is 0 Å². The number of sulfone groups is 1. The lowest BCUT2D eigenvalue weighted by Crippen LogP contribution is -2.21. The van der Waals surface area contributed by atoms with Gasteiger partial charge in [-0.25, -0.2) is 8.42 Å². The molecule has 1 aliphatic rings. The fourth-order valence-corrected chi connectivity index (χ4v) is 4.10. The number of anilines is 1. The van der Waals surface area contributed by atoms with Crippen LogP contribution >= 0.6 is 11.6 Å². The third-order valence-electron chi connectivity index (χ3n) is 4.00. The monoisotopic (exact) mass is 337 g/mol. The SMILES string of the molecule is O=S(=O)(c1ccccc1NCC1CCCC1CCl)C(F)F. The molecule has 0 heterocycles. The number of halogens is 3. The van der Waals surface area contributed by atoms with E-state index in [2.05, 4.69) is 5.32 Å². The van der Waals surface area contributed by atoms with E-state index in [0.717, 1.165) is 19.3 Å². The van der Waals surface area contributed by atoms with Gasteiger partial charge in [-0.15, -0.1) is 11.6 Å². The predicted octanol–water partition coefficient (Wildman–Crippen LogP) is 3.75. The lowest BCUT2D eigenvalue weighted by molar-refractivity contribution is 0.235. The molecule has 0 spiro atoms. The fraction of sp³-hybridized carbons (Fsp3) is 0.571. The first-order chi connectivity index (χ1) is 9.96. The molecule has 2 rings (SSSR count). The van der Waals surface area contributed by atoms with Gasteiger partial charge in [-0.3, -0.25) is 0 Å². The lowest BCUT2D eigenvalue weighted by Gasteiger charge is -2.19. The average molecular weight is 338 g/mol. The molecule has 118 valence electrons. The Hall–Kier alpha value is -0.880. The van der Waals surface area contributed by atoms with Gasteiger partial charge in [-0.1, -0.05) is 18.6 Å². The first-order valence-electron chi connectivity index (χ1n) is 6.87. The van der Waals surface area contributed by atoms with Crippen molar-refractivity contribution < 1.29 is 17.2 Å². The number of nitrogens with one attached hydrogen (secondary N) is 1. The minimum absolute atomic E-state index is 0.234. The summed E-state index contributed by atoms with van der Waals surface area (Å²) in [5.74, 6) is -2.09. The predicted molar refractivity (Wildman–Crippen MR) is 79.7 cm³/mol. The Labute approximate surface area is 128 Å². The first kappa shape index (κ1) is 16.5. The summed E-state index contributed by atoms with van der Waals surface area (Å²) in [6.45, 7) is 0.549. The van der Waals surface area contributed by atoms with Crippen LogP contribution in [-0.2, 0) is 9.84 Å². The molecular formula is C14H18ClF2NO2S. The van der Waals surface area contributed by atoms with Gasteiger partial charge in [-0.05, 0) is 36.8 Å². The fourth-order valence-electron chi connectivity index (χ4n) is 2.78. The van der Waals surface area contributed by atoms with Crippen molar-refractivity contribution in [2.45, 2.75) is 29.9 Å². The zero-order valence-electron chi connectivity index (χ0n) is 11.4. The Morgan fingerprint density at radius 3 is 2.57 bits per heavy atom. The van der Waals surface area contributed by atoms with Crippen molar-refractivity contribution in [2.75, 3.05) is 17.7 Å². The molecular weight excluding hydrogens is 320 g/mol. The highest BCUT2D eigenvalue weighted by atomic mass is 35.5. The van der Waals surface area contributed by atoms with Crippen LogP contribution in [0.5, 0.6) is 0 Å². The third kappa shape index (κ3) is 3.66. The Bertz CT molecular complexity index is 580. The van der Waals surface area contributed by atoms with Crippen molar-refractivity contribution >= 4 is 27.1 Å².